The number of nitrogens with two attached hydrogens (primary N) is 1. The molecule has 0 atom stereocenters. The SMILES string of the molecule is CCN(CC)c1nc(N)nc(NCc2ccnn2C)n1. The van der Waals surface area contributed by atoms with Crippen molar-refractivity contribution in [1.29, 1.82) is 0 Å². The largest absolute Gasteiger partial charge is 0.368 e. The van der Waals surface area contributed by atoms with Crippen LogP contribution in [-0.4, -0.2) is 37.8 Å². The van der Waals surface area contributed by atoms with Gasteiger partial charge in [-0.1, -0.05) is 0 Å². The zero-order valence-corrected chi connectivity index (χ0v) is 12.0. The maximum atomic E-state index is 5.74. The molecule has 2 heterocycles. The lowest BCUT2D eigenvalue weighted by Crippen LogP contribution is -2.25. The maximum Gasteiger partial charge on any atom is 0.231 e. The summed E-state index contributed by atoms with van der Waals surface area (Å²) in [6, 6.07) is 1.93. The molecule has 0 saturated carbocycles. The van der Waals surface area contributed by atoms with Gasteiger partial charge in [-0.15, -0.1) is 0 Å². The highest BCUT2D eigenvalue weighted by atomic mass is 15.3. The Balaban J connectivity index is 2.13. The summed E-state index contributed by atoms with van der Waals surface area (Å²) in [5.74, 6) is 1.28. The van der Waals surface area contributed by atoms with E-state index in [9.17, 15) is 0 Å². The van der Waals surface area contributed by atoms with Crippen LogP contribution >= 0.6 is 0 Å². The molecule has 0 amide bonds. The third-order valence-electron chi connectivity index (χ3n) is 3.04. The fourth-order valence-electron chi connectivity index (χ4n) is 1.85. The van der Waals surface area contributed by atoms with Gasteiger partial charge in [0.05, 0.1) is 12.2 Å². The summed E-state index contributed by atoms with van der Waals surface area (Å²) >= 11 is 0. The Kier molecular flexibility index (Phi) is 4.34. The minimum absolute atomic E-state index is 0.217. The molecule has 0 aliphatic rings. The highest BCUT2D eigenvalue weighted by molar-refractivity contribution is 5.41. The van der Waals surface area contributed by atoms with Crippen molar-refractivity contribution in [2.75, 3.05) is 29.0 Å². The third-order valence-corrected chi connectivity index (χ3v) is 3.04. The second-order valence-corrected chi connectivity index (χ2v) is 4.29. The Labute approximate surface area is 118 Å². The van der Waals surface area contributed by atoms with Crippen LogP contribution in [0.1, 0.15) is 19.5 Å². The van der Waals surface area contributed by atoms with E-state index in [4.69, 9.17) is 5.73 Å². The van der Waals surface area contributed by atoms with Crippen LogP contribution in [0.3, 0.4) is 0 Å². The van der Waals surface area contributed by atoms with E-state index < -0.39 is 0 Å². The first-order valence-electron chi connectivity index (χ1n) is 6.61. The Hall–Kier alpha value is -2.38. The number of nitrogens with one attached hydrogen (secondary N) is 1. The van der Waals surface area contributed by atoms with Gasteiger partial charge in [-0.05, 0) is 19.9 Å². The number of hydrogen-bond acceptors (Lipinski definition) is 7. The molecule has 0 unspecified atom stereocenters. The molecule has 8 heteroatoms. The summed E-state index contributed by atoms with van der Waals surface area (Å²) in [5.41, 5.74) is 6.77. The molecule has 0 spiro atoms. The maximum absolute atomic E-state index is 5.74. The summed E-state index contributed by atoms with van der Waals surface area (Å²) in [7, 11) is 1.89. The average molecular weight is 276 g/mol. The molecule has 2 rings (SSSR count). The topological polar surface area (TPSA) is 97.8 Å². The molecule has 0 radical (unpaired) electrons. The van der Waals surface area contributed by atoms with E-state index in [2.05, 4.69) is 25.4 Å². The molecule has 0 bridgehead atoms. The van der Waals surface area contributed by atoms with Gasteiger partial charge in [-0.3, -0.25) is 4.68 Å². The van der Waals surface area contributed by atoms with Crippen LogP contribution < -0.4 is 16.0 Å². The van der Waals surface area contributed by atoms with E-state index in [1.54, 1.807) is 10.9 Å². The van der Waals surface area contributed by atoms with E-state index in [0.717, 1.165) is 18.8 Å². The van der Waals surface area contributed by atoms with E-state index in [1.165, 1.54) is 0 Å². The van der Waals surface area contributed by atoms with Crippen molar-refractivity contribution < 1.29 is 0 Å². The Morgan fingerprint density at radius 1 is 1.25 bits per heavy atom. The zero-order chi connectivity index (χ0) is 14.5. The van der Waals surface area contributed by atoms with Crippen LogP contribution in [0.2, 0.25) is 0 Å². The molecule has 0 aliphatic heterocycles. The summed E-state index contributed by atoms with van der Waals surface area (Å²) < 4.78 is 1.79. The highest BCUT2D eigenvalue weighted by Gasteiger charge is 2.09. The number of aryl methyl sites for hydroxylation is 1. The molecule has 2 aromatic heterocycles. The normalized spacial score (nSPS) is 10.6. The van der Waals surface area contributed by atoms with Crippen LogP contribution in [0.5, 0.6) is 0 Å². The van der Waals surface area contributed by atoms with Gasteiger partial charge in [0.1, 0.15) is 0 Å². The summed E-state index contributed by atoms with van der Waals surface area (Å²) in [4.78, 5) is 14.7. The van der Waals surface area contributed by atoms with Crippen molar-refractivity contribution in [3.8, 4) is 0 Å². The van der Waals surface area contributed by atoms with Gasteiger partial charge >= 0.3 is 0 Å². The summed E-state index contributed by atoms with van der Waals surface area (Å²) in [6.45, 7) is 6.32. The lowest BCUT2D eigenvalue weighted by atomic mass is 10.4. The predicted molar refractivity (Wildman–Crippen MR) is 78.3 cm³/mol. The van der Waals surface area contributed by atoms with Gasteiger partial charge in [0.25, 0.3) is 0 Å². The lowest BCUT2D eigenvalue weighted by molar-refractivity contribution is 0.718. The van der Waals surface area contributed by atoms with Crippen molar-refractivity contribution >= 4 is 17.8 Å². The summed E-state index contributed by atoms with van der Waals surface area (Å²) in [5, 5.41) is 7.25. The second kappa shape index (κ2) is 6.18. The van der Waals surface area contributed by atoms with Crippen molar-refractivity contribution in [3.05, 3.63) is 18.0 Å². The molecule has 3 N–H and O–H groups in total. The van der Waals surface area contributed by atoms with Gasteiger partial charge in [0, 0.05) is 26.3 Å². The van der Waals surface area contributed by atoms with Crippen LogP contribution in [0.25, 0.3) is 0 Å². The van der Waals surface area contributed by atoms with Crippen molar-refractivity contribution in [2.24, 2.45) is 7.05 Å². The van der Waals surface area contributed by atoms with Crippen molar-refractivity contribution in [3.63, 3.8) is 0 Å². The van der Waals surface area contributed by atoms with Gasteiger partial charge in [-0.25, -0.2) is 0 Å². The molecule has 20 heavy (non-hydrogen) atoms. The van der Waals surface area contributed by atoms with E-state index >= 15 is 0 Å². The van der Waals surface area contributed by atoms with E-state index in [-0.39, 0.29) is 5.95 Å². The van der Waals surface area contributed by atoms with Crippen molar-refractivity contribution in [2.45, 2.75) is 20.4 Å². The lowest BCUT2D eigenvalue weighted by Gasteiger charge is -2.19. The molecule has 108 valence electrons. The number of hydrogen-bond donors (Lipinski definition) is 2. The number of nitrogen functional groups attached to an aromatic ring is 1. The monoisotopic (exact) mass is 276 g/mol. The smallest absolute Gasteiger partial charge is 0.231 e. The van der Waals surface area contributed by atoms with Crippen LogP contribution in [0.15, 0.2) is 12.3 Å². The fraction of sp³-hybridized carbons (Fsp3) is 0.500. The van der Waals surface area contributed by atoms with Gasteiger partial charge in [-0.2, -0.15) is 20.1 Å². The van der Waals surface area contributed by atoms with Gasteiger partial charge in [0.2, 0.25) is 17.8 Å². The van der Waals surface area contributed by atoms with Crippen LogP contribution in [0, 0.1) is 0 Å². The first-order valence-corrected chi connectivity index (χ1v) is 6.61. The van der Waals surface area contributed by atoms with Crippen LogP contribution in [-0.2, 0) is 13.6 Å². The first-order chi connectivity index (χ1) is 9.63. The Bertz CT molecular complexity index is 560. The molecule has 8 nitrogen and oxygen atoms in total. The molecular weight excluding hydrogens is 256 g/mol. The molecule has 0 aromatic carbocycles. The average Bonchev–Trinajstić information content (AvgIpc) is 2.83. The number of aromatic nitrogens is 5. The quantitative estimate of drug-likeness (QED) is 0.799. The Morgan fingerprint density at radius 3 is 2.60 bits per heavy atom. The number of rotatable bonds is 6. The minimum Gasteiger partial charge on any atom is -0.368 e. The molecule has 2 aromatic rings. The fourth-order valence-corrected chi connectivity index (χ4v) is 1.85. The summed E-state index contributed by atoms with van der Waals surface area (Å²) in [6.07, 6.45) is 1.75. The molecular formula is C12H20N8. The standard InChI is InChI=1S/C12H20N8/c1-4-20(5-2)12-17-10(13)16-11(18-12)14-8-9-6-7-15-19(9)3/h6-7H,4-5,8H2,1-3H3,(H3,13,14,16,17,18). The van der Waals surface area contributed by atoms with Crippen LogP contribution in [0.4, 0.5) is 17.8 Å². The zero-order valence-electron chi connectivity index (χ0n) is 12.0. The predicted octanol–water partition coefficient (Wildman–Crippen LogP) is 0.646. The number of anilines is 3. The molecule has 0 fully saturated rings. The molecule has 0 aliphatic carbocycles. The molecule has 0 saturated heterocycles. The first kappa shape index (κ1) is 14.0. The number of nitrogens with zero attached hydrogens (tertiary/aromatic N) is 6. The van der Waals surface area contributed by atoms with Crippen molar-refractivity contribution in [1.82, 2.24) is 24.7 Å². The van der Waals surface area contributed by atoms with Gasteiger partial charge in [0.15, 0.2) is 0 Å². The van der Waals surface area contributed by atoms with E-state index in [1.807, 2.05) is 31.9 Å². The Morgan fingerprint density at radius 2 is 2.00 bits per heavy atom. The third kappa shape index (κ3) is 3.14. The van der Waals surface area contributed by atoms with Gasteiger partial charge < -0.3 is 16.0 Å². The van der Waals surface area contributed by atoms with E-state index in [0.29, 0.717) is 18.4 Å². The minimum atomic E-state index is 0.217. The second-order valence-electron chi connectivity index (χ2n) is 4.29. The highest BCUT2D eigenvalue weighted by Crippen LogP contribution is 2.12.